The molecule has 0 radical (unpaired) electrons. The van der Waals surface area contributed by atoms with Gasteiger partial charge in [0.25, 0.3) is 0 Å². The maximum Gasteiger partial charge on any atom is 0.126 e. The molecule has 0 bridgehead atoms. The standard InChI is InChI=1S/C15H17FN2/c1-2-11-3-5-14(18-10-11)8-13-7-12(9-17)4-6-15(13)16/h3-7,10H,2,8-9,17H2,1H3. The van der Waals surface area contributed by atoms with Crippen molar-refractivity contribution in [1.82, 2.24) is 4.98 Å². The molecular formula is C15H17FN2. The average molecular weight is 244 g/mol. The van der Waals surface area contributed by atoms with Gasteiger partial charge in [0.15, 0.2) is 0 Å². The van der Waals surface area contributed by atoms with Crippen LogP contribution in [0.5, 0.6) is 0 Å². The lowest BCUT2D eigenvalue weighted by atomic mass is 10.0. The number of nitrogens with zero attached hydrogens (tertiary/aromatic N) is 1. The molecular weight excluding hydrogens is 227 g/mol. The van der Waals surface area contributed by atoms with E-state index in [4.69, 9.17) is 5.73 Å². The molecule has 1 aromatic heterocycles. The Morgan fingerprint density at radius 3 is 2.56 bits per heavy atom. The zero-order valence-corrected chi connectivity index (χ0v) is 10.5. The van der Waals surface area contributed by atoms with Crippen LogP contribution in [0.4, 0.5) is 4.39 Å². The van der Waals surface area contributed by atoms with E-state index >= 15 is 0 Å². The lowest BCUT2D eigenvalue weighted by Gasteiger charge is -2.06. The number of aryl methyl sites for hydroxylation is 1. The van der Waals surface area contributed by atoms with E-state index in [2.05, 4.69) is 11.9 Å². The van der Waals surface area contributed by atoms with Gasteiger partial charge in [-0.1, -0.05) is 25.1 Å². The highest BCUT2D eigenvalue weighted by Gasteiger charge is 2.05. The third kappa shape index (κ3) is 2.93. The van der Waals surface area contributed by atoms with Crippen molar-refractivity contribution < 1.29 is 4.39 Å². The molecule has 2 aromatic rings. The van der Waals surface area contributed by atoms with Crippen molar-refractivity contribution in [3.05, 3.63) is 64.7 Å². The van der Waals surface area contributed by atoms with E-state index in [1.54, 1.807) is 6.07 Å². The van der Waals surface area contributed by atoms with Crippen LogP contribution >= 0.6 is 0 Å². The molecule has 0 atom stereocenters. The van der Waals surface area contributed by atoms with E-state index < -0.39 is 0 Å². The van der Waals surface area contributed by atoms with Gasteiger partial charge in [0.2, 0.25) is 0 Å². The van der Waals surface area contributed by atoms with E-state index in [1.807, 2.05) is 24.4 Å². The summed E-state index contributed by atoms with van der Waals surface area (Å²) in [6.07, 6.45) is 3.31. The van der Waals surface area contributed by atoms with E-state index in [0.29, 0.717) is 18.5 Å². The van der Waals surface area contributed by atoms with Crippen LogP contribution in [0.25, 0.3) is 0 Å². The van der Waals surface area contributed by atoms with Crippen LogP contribution in [-0.2, 0) is 19.4 Å². The summed E-state index contributed by atoms with van der Waals surface area (Å²) in [6, 6.07) is 8.98. The second kappa shape index (κ2) is 5.74. The Hall–Kier alpha value is -1.74. The molecule has 2 rings (SSSR count). The van der Waals surface area contributed by atoms with Gasteiger partial charge in [0, 0.05) is 24.9 Å². The topological polar surface area (TPSA) is 38.9 Å². The number of nitrogens with two attached hydrogens (primary N) is 1. The Labute approximate surface area is 107 Å². The normalized spacial score (nSPS) is 10.6. The summed E-state index contributed by atoms with van der Waals surface area (Å²) < 4.78 is 13.7. The van der Waals surface area contributed by atoms with Crippen molar-refractivity contribution in [2.45, 2.75) is 26.3 Å². The molecule has 0 spiro atoms. The van der Waals surface area contributed by atoms with Crippen molar-refractivity contribution in [2.75, 3.05) is 0 Å². The van der Waals surface area contributed by atoms with Gasteiger partial charge >= 0.3 is 0 Å². The van der Waals surface area contributed by atoms with Crippen LogP contribution in [0.2, 0.25) is 0 Å². The SMILES string of the molecule is CCc1ccc(Cc2cc(CN)ccc2F)nc1. The summed E-state index contributed by atoms with van der Waals surface area (Å²) in [5.74, 6) is -0.200. The summed E-state index contributed by atoms with van der Waals surface area (Å²) in [4.78, 5) is 4.34. The predicted octanol–water partition coefficient (Wildman–Crippen LogP) is 2.83. The number of halogens is 1. The first-order chi connectivity index (χ1) is 8.72. The van der Waals surface area contributed by atoms with E-state index in [-0.39, 0.29) is 5.82 Å². The fourth-order valence-electron chi connectivity index (χ4n) is 1.85. The maximum absolute atomic E-state index is 13.7. The zero-order valence-electron chi connectivity index (χ0n) is 10.5. The predicted molar refractivity (Wildman–Crippen MR) is 70.7 cm³/mol. The van der Waals surface area contributed by atoms with Crippen molar-refractivity contribution in [2.24, 2.45) is 5.73 Å². The first-order valence-corrected chi connectivity index (χ1v) is 6.14. The molecule has 0 amide bonds. The number of benzene rings is 1. The molecule has 0 aliphatic heterocycles. The molecule has 1 heterocycles. The van der Waals surface area contributed by atoms with Gasteiger partial charge in [-0.2, -0.15) is 0 Å². The highest BCUT2D eigenvalue weighted by Crippen LogP contribution is 2.14. The number of rotatable bonds is 4. The first-order valence-electron chi connectivity index (χ1n) is 6.14. The minimum Gasteiger partial charge on any atom is -0.326 e. The Kier molecular flexibility index (Phi) is 4.05. The average Bonchev–Trinajstić information content (AvgIpc) is 2.42. The fourth-order valence-corrected chi connectivity index (χ4v) is 1.85. The van der Waals surface area contributed by atoms with Crippen LogP contribution < -0.4 is 5.73 Å². The third-order valence-electron chi connectivity index (χ3n) is 3.01. The molecule has 0 fully saturated rings. The van der Waals surface area contributed by atoms with Gasteiger partial charge in [-0.05, 0) is 35.2 Å². The molecule has 94 valence electrons. The number of hydrogen-bond donors (Lipinski definition) is 1. The number of aromatic nitrogens is 1. The molecule has 3 heteroatoms. The lowest BCUT2D eigenvalue weighted by Crippen LogP contribution is -2.01. The molecule has 2 N–H and O–H groups in total. The van der Waals surface area contributed by atoms with Crippen LogP contribution in [0.3, 0.4) is 0 Å². The van der Waals surface area contributed by atoms with Gasteiger partial charge in [-0.15, -0.1) is 0 Å². The first kappa shape index (κ1) is 12.7. The maximum atomic E-state index is 13.7. The Bertz CT molecular complexity index is 521. The summed E-state index contributed by atoms with van der Waals surface area (Å²) >= 11 is 0. The van der Waals surface area contributed by atoms with Gasteiger partial charge in [0.05, 0.1) is 0 Å². The minimum atomic E-state index is -0.200. The Morgan fingerprint density at radius 1 is 1.17 bits per heavy atom. The smallest absolute Gasteiger partial charge is 0.126 e. The third-order valence-corrected chi connectivity index (χ3v) is 3.01. The molecule has 18 heavy (non-hydrogen) atoms. The van der Waals surface area contributed by atoms with Crippen LogP contribution in [0.1, 0.15) is 29.3 Å². The Balaban J connectivity index is 2.21. The monoisotopic (exact) mass is 244 g/mol. The van der Waals surface area contributed by atoms with E-state index in [1.165, 1.54) is 11.6 Å². The Morgan fingerprint density at radius 2 is 1.94 bits per heavy atom. The highest BCUT2D eigenvalue weighted by atomic mass is 19.1. The largest absolute Gasteiger partial charge is 0.326 e. The quantitative estimate of drug-likeness (QED) is 0.898. The number of hydrogen-bond acceptors (Lipinski definition) is 2. The van der Waals surface area contributed by atoms with Crippen molar-refractivity contribution in [3.63, 3.8) is 0 Å². The van der Waals surface area contributed by atoms with Crippen LogP contribution in [0.15, 0.2) is 36.5 Å². The van der Waals surface area contributed by atoms with Gasteiger partial charge in [0.1, 0.15) is 5.82 Å². The van der Waals surface area contributed by atoms with Crippen molar-refractivity contribution >= 4 is 0 Å². The lowest BCUT2D eigenvalue weighted by molar-refractivity contribution is 0.612. The minimum absolute atomic E-state index is 0.200. The molecule has 0 saturated heterocycles. The summed E-state index contributed by atoms with van der Waals surface area (Å²) in [5.41, 5.74) is 9.22. The summed E-state index contributed by atoms with van der Waals surface area (Å²) in [6.45, 7) is 2.51. The van der Waals surface area contributed by atoms with Gasteiger partial charge in [-0.3, -0.25) is 4.98 Å². The highest BCUT2D eigenvalue weighted by molar-refractivity contribution is 5.29. The van der Waals surface area contributed by atoms with Crippen molar-refractivity contribution in [3.8, 4) is 0 Å². The molecule has 0 aliphatic carbocycles. The zero-order chi connectivity index (χ0) is 13.0. The molecule has 1 aromatic carbocycles. The second-order valence-electron chi connectivity index (χ2n) is 4.32. The summed E-state index contributed by atoms with van der Waals surface area (Å²) in [5, 5.41) is 0. The number of pyridine rings is 1. The van der Waals surface area contributed by atoms with Gasteiger partial charge in [-0.25, -0.2) is 4.39 Å². The second-order valence-corrected chi connectivity index (χ2v) is 4.32. The molecule has 0 aliphatic rings. The van der Waals surface area contributed by atoms with E-state index in [9.17, 15) is 4.39 Å². The fraction of sp³-hybridized carbons (Fsp3) is 0.267. The van der Waals surface area contributed by atoms with Crippen molar-refractivity contribution in [1.29, 1.82) is 0 Å². The molecule has 2 nitrogen and oxygen atoms in total. The van der Waals surface area contributed by atoms with Gasteiger partial charge < -0.3 is 5.73 Å². The van der Waals surface area contributed by atoms with E-state index in [0.717, 1.165) is 17.7 Å². The van der Waals surface area contributed by atoms with Crippen LogP contribution in [0, 0.1) is 5.82 Å². The molecule has 0 saturated carbocycles. The molecule has 0 unspecified atom stereocenters. The van der Waals surface area contributed by atoms with Crippen LogP contribution in [-0.4, -0.2) is 4.98 Å². The summed E-state index contributed by atoms with van der Waals surface area (Å²) in [7, 11) is 0.